The van der Waals surface area contributed by atoms with Gasteiger partial charge in [0.15, 0.2) is 23.9 Å². The van der Waals surface area contributed by atoms with Crippen molar-refractivity contribution in [3.05, 3.63) is 84.7 Å². The zero-order valence-corrected chi connectivity index (χ0v) is 27.2. The van der Waals surface area contributed by atoms with Crippen LogP contribution in [-0.2, 0) is 4.74 Å². The largest absolute Gasteiger partial charge is 0.443 e. The number of amides is 1. The molecular formula is C35H34N10O4. The summed E-state index contributed by atoms with van der Waals surface area (Å²) in [5.41, 5.74) is 4.42. The second-order valence-electron chi connectivity index (χ2n) is 12.9. The van der Waals surface area contributed by atoms with Gasteiger partial charge in [-0.1, -0.05) is 0 Å². The maximum atomic E-state index is 13.0. The monoisotopic (exact) mass is 658 g/mol. The van der Waals surface area contributed by atoms with E-state index in [1.54, 1.807) is 46.5 Å². The van der Waals surface area contributed by atoms with Gasteiger partial charge in [-0.25, -0.2) is 14.8 Å². The standard InChI is InChI=1S/C20H21N5O3.C15H13N5O/c1-20(2,3)28-19(27)24(15-4-5-15)17-10-16(13-6-8-21-9-7-13)23-18-14(12-26)11-22-25(17)18;21-9-11-8-17-20-14(18-12-1-2-12)7-13(19-15(11)20)10-3-5-16-6-4-10/h6-12,15H,4-5H2,1-3H3;3-9,12,18H,1-2H2. The quantitative estimate of drug-likeness (QED) is 0.200. The molecule has 248 valence electrons. The Hall–Kier alpha value is -6.05. The number of ether oxygens (including phenoxy) is 1. The molecule has 14 nitrogen and oxygen atoms in total. The number of nitrogens with one attached hydrogen (secondary N) is 1. The first-order chi connectivity index (χ1) is 23.7. The van der Waals surface area contributed by atoms with Crippen LogP contribution >= 0.6 is 0 Å². The van der Waals surface area contributed by atoms with Gasteiger partial charge in [0.1, 0.15) is 17.2 Å². The highest BCUT2D eigenvalue weighted by atomic mass is 16.6. The molecule has 2 fully saturated rings. The number of pyridine rings is 2. The van der Waals surface area contributed by atoms with Gasteiger partial charge in [0.05, 0.1) is 34.9 Å². The summed E-state index contributed by atoms with van der Waals surface area (Å²) in [6, 6.07) is 11.7. The Balaban J connectivity index is 0.000000160. The predicted molar refractivity (Wildman–Crippen MR) is 182 cm³/mol. The highest BCUT2D eigenvalue weighted by Gasteiger charge is 2.38. The highest BCUT2D eigenvalue weighted by molar-refractivity contribution is 5.91. The van der Waals surface area contributed by atoms with Crippen LogP contribution in [0, 0.1) is 0 Å². The third-order valence-corrected chi connectivity index (χ3v) is 7.86. The normalized spacial score (nSPS) is 14.2. The van der Waals surface area contributed by atoms with Crippen molar-refractivity contribution in [2.24, 2.45) is 0 Å². The lowest BCUT2D eigenvalue weighted by Crippen LogP contribution is -2.39. The Kier molecular flexibility index (Phi) is 8.28. The molecule has 6 aromatic heterocycles. The average Bonchev–Trinajstić information content (AvgIpc) is 4.03. The molecule has 0 aromatic carbocycles. The molecule has 0 aliphatic heterocycles. The van der Waals surface area contributed by atoms with E-state index in [-0.39, 0.29) is 6.04 Å². The maximum absolute atomic E-state index is 13.0. The molecule has 2 saturated carbocycles. The number of hydrogen-bond acceptors (Lipinski definition) is 11. The molecule has 2 aliphatic carbocycles. The number of carbonyl (C=O) groups excluding carboxylic acids is 3. The molecule has 0 unspecified atom stereocenters. The first-order valence-electron chi connectivity index (χ1n) is 16.0. The van der Waals surface area contributed by atoms with Crippen LogP contribution in [0.4, 0.5) is 16.4 Å². The fourth-order valence-electron chi connectivity index (χ4n) is 5.24. The van der Waals surface area contributed by atoms with E-state index >= 15 is 0 Å². The van der Waals surface area contributed by atoms with Crippen molar-refractivity contribution in [2.45, 2.75) is 64.1 Å². The predicted octanol–water partition coefficient (Wildman–Crippen LogP) is 5.69. The lowest BCUT2D eigenvalue weighted by molar-refractivity contribution is 0.0575. The summed E-state index contributed by atoms with van der Waals surface area (Å²) >= 11 is 0. The number of anilines is 2. The van der Waals surface area contributed by atoms with Gasteiger partial charge >= 0.3 is 6.09 Å². The molecule has 6 heterocycles. The SMILES string of the molecule is CC(C)(C)OC(=O)N(c1cc(-c2ccncc2)nc2c(C=O)cnn12)C1CC1.O=Cc1cnn2c(NC3CC3)cc(-c3ccncc3)nc12. The maximum Gasteiger partial charge on any atom is 0.416 e. The Bertz CT molecular complexity index is 2150. The molecule has 2 aliphatic rings. The van der Waals surface area contributed by atoms with Crippen molar-refractivity contribution >= 4 is 41.6 Å². The fourth-order valence-corrected chi connectivity index (χ4v) is 5.24. The average molecular weight is 659 g/mol. The van der Waals surface area contributed by atoms with Gasteiger partial charge in [0.2, 0.25) is 0 Å². The van der Waals surface area contributed by atoms with Crippen molar-refractivity contribution in [3.8, 4) is 22.5 Å². The van der Waals surface area contributed by atoms with E-state index in [0.717, 1.165) is 54.6 Å². The third kappa shape index (κ3) is 6.84. The van der Waals surface area contributed by atoms with E-state index in [2.05, 4.69) is 35.5 Å². The minimum absolute atomic E-state index is 0.0367. The first-order valence-corrected chi connectivity index (χ1v) is 16.0. The zero-order valence-electron chi connectivity index (χ0n) is 27.2. The van der Waals surface area contributed by atoms with E-state index in [1.807, 2.05) is 51.1 Å². The Morgan fingerprint density at radius 3 is 1.86 bits per heavy atom. The number of aromatic nitrogens is 8. The summed E-state index contributed by atoms with van der Waals surface area (Å²) in [6.45, 7) is 5.50. The van der Waals surface area contributed by atoms with Crippen LogP contribution in [0.15, 0.2) is 73.6 Å². The molecule has 14 heteroatoms. The molecular weight excluding hydrogens is 624 g/mol. The van der Waals surface area contributed by atoms with Crippen LogP contribution in [0.3, 0.4) is 0 Å². The van der Waals surface area contributed by atoms with E-state index in [9.17, 15) is 14.4 Å². The minimum Gasteiger partial charge on any atom is -0.443 e. The molecule has 0 radical (unpaired) electrons. The van der Waals surface area contributed by atoms with Crippen LogP contribution in [0.2, 0.25) is 0 Å². The Labute approximate surface area is 281 Å². The molecule has 0 spiro atoms. The molecule has 6 aromatic rings. The topological polar surface area (TPSA) is 162 Å². The molecule has 0 saturated heterocycles. The van der Waals surface area contributed by atoms with Gasteiger partial charge in [-0.2, -0.15) is 19.2 Å². The van der Waals surface area contributed by atoms with E-state index in [1.165, 1.54) is 10.7 Å². The summed E-state index contributed by atoms with van der Waals surface area (Å²) in [5, 5.41) is 12.0. The molecule has 0 bridgehead atoms. The lowest BCUT2D eigenvalue weighted by Gasteiger charge is -2.27. The van der Waals surface area contributed by atoms with E-state index < -0.39 is 11.7 Å². The minimum atomic E-state index is -0.623. The molecule has 49 heavy (non-hydrogen) atoms. The van der Waals surface area contributed by atoms with Crippen LogP contribution in [0.1, 0.15) is 67.2 Å². The number of fused-ring (bicyclic) bond motifs is 2. The first kappa shape index (κ1) is 31.5. The summed E-state index contributed by atoms with van der Waals surface area (Å²) in [7, 11) is 0. The van der Waals surface area contributed by atoms with Crippen molar-refractivity contribution in [3.63, 3.8) is 0 Å². The van der Waals surface area contributed by atoms with Gasteiger partial charge in [0.25, 0.3) is 0 Å². The van der Waals surface area contributed by atoms with Gasteiger partial charge in [-0.3, -0.25) is 24.5 Å². The van der Waals surface area contributed by atoms with Crippen molar-refractivity contribution in [1.82, 2.24) is 39.2 Å². The van der Waals surface area contributed by atoms with E-state index in [4.69, 9.17) is 4.74 Å². The molecule has 0 atom stereocenters. The zero-order chi connectivity index (χ0) is 34.1. The van der Waals surface area contributed by atoms with Crippen molar-refractivity contribution < 1.29 is 19.1 Å². The number of nitrogens with zero attached hydrogens (tertiary/aromatic N) is 9. The highest BCUT2D eigenvalue weighted by Crippen LogP contribution is 2.35. The summed E-state index contributed by atoms with van der Waals surface area (Å²) in [5.74, 6) is 1.39. The number of rotatable bonds is 8. The Morgan fingerprint density at radius 2 is 1.35 bits per heavy atom. The van der Waals surface area contributed by atoms with Gasteiger partial charge in [-0.05, 0) is 70.7 Å². The molecule has 1 amide bonds. The second-order valence-corrected chi connectivity index (χ2v) is 12.9. The van der Waals surface area contributed by atoms with Crippen molar-refractivity contribution in [1.29, 1.82) is 0 Å². The number of aldehydes is 2. The summed E-state index contributed by atoms with van der Waals surface area (Å²) < 4.78 is 8.84. The lowest BCUT2D eigenvalue weighted by atomic mass is 10.2. The fraction of sp³-hybridized carbons (Fsp3) is 0.286. The molecule has 1 N–H and O–H groups in total. The van der Waals surface area contributed by atoms with Crippen LogP contribution in [0.25, 0.3) is 33.8 Å². The van der Waals surface area contributed by atoms with Gasteiger partial charge in [0, 0.05) is 60.1 Å². The van der Waals surface area contributed by atoms with Gasteiger partial charge in [-0.15, -0.1) is 0 Å². The Morgan fingerprint density at radius 1 is 0.816 bits per heavy atom. The number of carbonyl (C=O) groups is 3. The van der Waals surface area contributed by atoms with Crippen LogP contribution in [-0.4, -0.2) is 75.5 Å². The summed E-state index contributed by atoms with van der Waals surface area (Å²) in [4.78, 5) is 54.4. The van der Waals surface area contributed by atoms with E-state index in [0.29, 0.717) is 46.3 Å². The molecule has 8 rings (SSSR count). The number of hydrogen-bond donors (Lipinski definition) is 1. The van der Waals surface area contributed by atoms with Gasteiger partial charge < -0.3 is 10.1 Å². The summed E-state index contributed by atoms with van der Waals surface area (Å²) in [6.07, 6.45) is 15.0. The van der Waals surface area contributed by atoms with Crippen LogP contribution in [0.5, 0.6) is 0 Å². The second kappa shape index (κ2) is 12.9. The van der Waals surface area contributed by atoms with Crippen LogP contribution < -0.4 is 10.2 Å². The smallest absolute Gasteiger partial charge is 0.416 e. The van der Waals surface area contributed by atoms with Crippen molar-refractivity contribution in [2.75, 3.05) is 10.2 Å². The third-order valence-electron chi connectivity index (χ3n) is 7.86.